The Bertz CT molecular complexity index is 376. The molecule has 2 saturated heterocycles. The van der Waals surface area contributed by atoms with Gasteiger partial charge in [0.15, 0.2) is 0 Å². The zero-order valence-corrected chi connectivity index (χ0v) is 10.8. The molecule has 3 nitrogen and oxygen atoms in total. The van der Waals surface area contributed by atoms with Crippen LogP contribution in [0.2, 0.25) is 0 Å². The van der Waals surface area contributed by atoms with E-state index in [-0.39, 0.29) is 0 Å². The van der Waals surface area contributed by atoms with Crippen LogP contribution in [0.4, 0.5) is 0 Å². The zero-order chi connectivity index (χ0) is 11.1. The molecule has 0 aliphatic carbocycles. The summed E-state index contributed by atoms with van der Waals surface area (Å²) in [6.45, 7) is 9.29. The Kier molecular flexibility index (Phi) is 2.73. The van der Waals surface area contributed by atoms with Crippen LogP contribution in [0.5, 0.6) is 0 Å². The molecular formula is C12H19N3S. The summed E-state index contributed by atoms with van der Waals surface area (Å²) in [5.41, 5.74) is 3.18. The second-order valence-corrected chi connectivity index (χ2v) is 6.05. The highest BCUT2D eigenvalue weighted by molar-refractivity contribution is 7.09. The third-order valence-electron chi connectivity index (χ3n) is 4.25. The summed E-state index contributed by atoms with van der Waals surface area (Å²) < 4.78 is 0. The van der Waals surface area contributed by atoms with Crippen LogP contribution in [0, 0.1) is 18.8 Å². The van der Waals surface area contributed by atoms with Gasteiger partial charge in [0.25, 0.3) is 0 Å². The van der Waals surface area contributed by atoms with Gasteiger partial charge >= 0.3 is 0 Å². The lowest BCUT2D eigenvalue weighted by Gasteiger charge is -2.23. The third-order valence-corrected chi connectivity index (χ3v) is 5.17. The Labute approximate surface area is 101 Å². The van der Waals surface area contributed by atoms with Gasteiger partial charge in [-0.15, -0.1) is 11.3 Å². The predicted molar refractivity (Wildman–Crippen MR) is 66.6 cm³/mol. The van der Waals surface area contributed by atoms with E-state index in [4.69, 9.17) is 0 Å². The fraction of sp³-hybridized carbons (Fsp3) is 0.750. The molecule has 0 spiro atoms. The molecule has 1 aromatic rings. The average molecular weight is 237 g/mol. The fourth-order valence-electron chi connectivity index (χ4n) is 3.13. The lowest BCUT2D eigenvalue weighted by molar-refractivity contribution is 0.233. The van der Waals surface area contributed by atoms with Crippen molar-refractivity contribution < 1.29 is 0 Å². The van der Waals surface area contributed by atoms with Gasteiger partial charge in [-0.05, 0) is 38.8 Å². The first-order valence-corrected chi connectivity index (χ1v) is 6.97. The topological polar surface area (TPSA) is 28.2 Å². The number of aromatic nitrogens is 1. The van der Waals surface area contributed by atoms with Gasteiger partial charge < -0.3 is 5.32 Å². The molecule has 1 aromatic heterocycles. The zero-order valence-electron chi connectivity index (χ0n) is 9.94. The molecule has 16 heavy (non-hydrogen) atoms. The molecule has 1 N–H and O–H groups in total. The van der Waals surface area contributed by atoms with Crippen LogP contribution >= 0.6 is 11.3 Å². The number of nitrogens with one attached hydrogen (secondary N) is 1. The van der Waals surface area contributed by atoms with Gasteiger partial charge in [0.2, 0.25) is 0 Å². The minimum Gasteiger partial charge on any atom is -0.316 e. The van der Waals surface area contributed by atoms with Crippen molar-refractivity contribution >= 4 is 11.3 Å². The molecule has 2 aliphatic heterocycles. The van der Waals surface area contributed by atoms with Gasteiger partial charge in [-0.1, -0.05) is 0 Å². The number of rotatable bonds is 2. The van der Waals surface area contributed by atoms with E-state index in [9.17, 15) is 0 Å². The molecule has 2 fully saturated rings. The van der Waals surface area contributed by atoms with E-state index in [0.29, 0.717) is 0 Å². The van der Waals surface area contributed by atoms with Crippen LogP contribution in [-0.2, 0) is 6.54 Å². The van der Waals surface area contributed by atoms with E-state index in [0.717, 1.165) is 24.4 Å². The summed E-state index contributed by atoms with van der Waals surface area (Å²) >= 11 is 1.80. The standard InChI is InChI=1S/C12H19N3S/c1-8-12(16-7-14-8)6-15-5-10-3-13-4-11(10)9(15)2/h7,9-11,13H,3-6H2,1-2H3. The van der Waals surface area contributed by atoms with Crippen molar-refractivity contribution in [3.05, 3.63) is 16.1 Å². The number of hydrogen-bond donors (Lipinski definition) is 1. The van der Waals surface area contributed by atoms with Crippen LogP contribution in [0.1, 0.15) is 17.5 Å². The van der Waals surface area contributed by atoms with Crippen molar-refractivity contribution in [3.63, 3.8) is 0 Å². The first-order valence-electron chi connectivity index (χ1n) is 6.09. The van der Waals surface area contributed by atoms with Crippen molar-refractivity contribution in [2.24, 2.45) is 11.8 Å². The number of fused-ring (bicyclic) bond motifs is 1. The van der Waals surface area contributed by atoms with Gasteiger partial charge in [-0.25, -0.2) is 4.98 Å². The maximum absolute atomic E-state index is 4.34. The number of nitrogens with zero attached hydrogens (tertiary/aromatic N) is 2. The van der Waals surface area contributed by atoms with Crippen LogP contribution in [0.25, 0.3) is 0 Å². The van der Waals surface area contributed by atoms with Crippen molar-refractivity contribution in [1.29, 1.82) is 0 Å². The van der Waals surface area contributed by atoms with Gasteiger partial charge in [0, 0.05) is 24.0 Å². The Morgan fingerprint density at radius 3 is 3.12 bits per heavy atom. The van der Waals surface area contributed by atoms with Gasteiger partial charge in [-0.2, -0.15) is 0 Å². The van der Waals surface area contributed by atoms with Gasteiger partial charge in [0.1, 0.15) is 0 Å². The van der Waals surface area contributed by atoms with E-state index in [1.54, 1.807) is 11.3 Å². The Morgan fingerprint density at radius 2 is 2.44 bits per heavy atom. The molecule has 4 heteroatoms. The third kappa shape index (κ3) is 1.69. The molecule has 0 amide bonds. The molecule has 0 aromatic carbocycles. The monoisotopic (exact) mass is 237 g/mol. The van der Waals surface area contributed by atoms with E-state index < -0.39 is 0 Å². The smallest absolute Gasteiger partial charge is 0.0798 e. The average Bonchev–Trinajstić information content (AvgIpc) is 2.91. The highest BCUT2D eigenvalue weighted by Crippen LogP contribution is 2.33. The molecule has 2 aliphatic rings. The lowest BCUT2D eigenvalue weighted by Crippen LogP contribution is -2.32. The molecule has 0 bridgehead atoms. The summed E-state index contributed by atoms with van der Waals surface area (Å²) in [6.07, 6.45) is 0. The quantitative estimate of drug-likeness (QED) is 0.845. The van der Waals surface area contributed by atoms with Crippen LogP contribution in [0.15, 0.2) is 5.51 Å². The van der Waals surface area contributed by atoms with Gasteiger partial charge in [-0.3, -0.25) is 4.90 Å². The largest absolute Gasteiger partial charge is 0.316 e. The number of aryl methyl sites for hydroxylation is 1. The van der Waals surface area contributed by atoms with Crippen molar-refractivity contribution in [3.8, 4) is 0 Å². The number of hydrogen-bond acceptors (Lipinski definition) is 4. The normalized spacial score (nSPS) is 34.5. The maximum atomic E-state index is 4.34. The Hall–Kier alpha value is -0.450. The lowest BCUT2D eigenvalue weighted by atomic mass is 9.95. The van der Waals surface area contributed by atoms with Crippen LogP contribution in [0.3, 0.4) is 0 Å². The minimum atomic E-state index is 0.724. The first kappa shape index (κ1) is 10.7. The number of thiazole rings is 1. The molecule has 88 valence electrons. The van der Waals surface area contributed by atoms with Gasteiger partial charge in [0.05, 0.1) is 11.2 Å². The fourth-order valence-corrected chi connectivity index (χ4v) is 3.93. The van der Waals surface area contributed by atoms with E-state index in [1.165, 1.54) is 30.2 Å². The Morgan fingerprint density at radius 1 is 1.56 bits per heavy atom. The molecule has 0 saturated carbocycles. The molecule has 3 atom stereocenters. The summed E-state index contributed by atoms with van der Waals surface area (Å²) in [7, 11) is 0. The molecule has 0 radical (unpaired) electrons. The second-order valence-electron chi connectivity index (χ2n) is 5.11. The predicted octanol–water partition coefficient (Wildman–Crippen LogP) is 1.49. The first-order chi connectivity index (χ1) is 7.75. The van der Waals surface area contributed by atoms with E-state index in [2.05, 4.69) is 29.0 Å². The molecule has 3 heterocycles. The SMILES string of the molecule is Cc1ncsc1CN1CC2CNCC2C1C. The minimum absolute atomic E-state index is 0.724. The summed E-state index contributed by atoms with van der Waals surface area (Å²) in [5.74, 6) is 1.75. The summed E-state index contributed by atoms with van der Waals surface area (Å²) in [4.78, 5) is 8.42. The summed E-state index contributed by atoms with van der Waals surface area (Å²) in [6, 6.07) is 0.724. The summed E-state index contributed by atoms with van der Waals surface area (Å²) in [5, 5.41) is 3.51. The van der Waals surface area contributed by atoms with Crippen LogP contribution in [-0.4, -0.2) is 35.6 Å². The number of likely N-dealkylation sites (tertiary alicyclic amines) is 1. The van der Waals surface area contributed by atoms with E-state index >= 15 is 0 Å². The molecule has 3 rings (SSSR count). The van der Waals surface area contributed by atoms with Crippen molar-refractivity contribution in [1.82, 2.24) is 15.2 Å². The van der Waals surface area contributed by atoms with Crippen LogP contribution < -0.4 is 5.32 Å². The Balaban J connectivity index is 1.71. The van der Waals surface area contributed by atoms with Crippen molar-refractivity contribution in [2.45, 2.75) is 26.4 Å². The second kappa shape index (κ2) is 4.09. The highest BCUT2D eigenvalue weighted by atomic mass is 32.1. The highest BCUT2D eigenvalue weighted by Gasteiger charge is 2.41. The molecular weight excluding hydrogens is 218 g/mol. The molecule has 3 unspecified atom stereocenters. The maximum Gasteiger partial charge on any atom is 0.0798 e. The van der Waals surface area contributed by atoms with Crippen molar-refractivity contribution in [2.75, 3.05) is 19.6 Å². The van der Waals surface area contributed by atoms with E-state index in [1.807, 2.05) is 5.51 Å².